The third kappa shape index (κ3) is 2.97. The van der Waals surface area contributed by atoms with Crippen LogP contribution in [0.25, 0.3) is 0 Å². The van der Waals surface area contributed by atoms with Gasteiger partial charge in [0.1, 0.15) is 9.88 Å². The molecular weight excluding hydrogens is 288 g/mol. The van der Waals surface area contributed by atoms with Crippen LogP contribution < -0.4 is 21.7 Å². The van der Waals surface area contributed by atoms with Crippen LogP contribution in [0, 0.1) is 11.8 Å². The number of carbonyl (C=O) groups excluding carboxylic acids is 2. The molecule has 21 heavy (non-hydrogen) atoms. The maximum absolute atomic E-state index is 11.9. The summed E-state index contributed by atoms with van der Waals surface area (Å²) in [5.41, 5.74) is 11.9. The van der Waals surface area contributed by atoms with Gasteiger partial charge in [0.2, 0.25) is 0 Å². The molecule has 0 spiro atoms. The smallest absolute Gasteiger partial charge is 0.263 e. The molecule has 2 atom stereocenters. The number of primary amides is 1. The number of thiophene rings is 1. The van der Waals surface area contributed by atoms with Crippen molar-refractivity contribution in [2.75, 3.05) is 30.8 Å². The van der Waals surface area contributed by atoms with Gasteiger partial charge in [0.15, 0.2) is 0 Å². The van der Waals surface area contributed by atoms with Gasteiger partial charge in [-0.25, -0.2) is 0 Å². The number of nitrogens with two attached hydrogens (primary N) is 2. The number of anilines is 2. The molecule has 1 aromatic heterocycles. The van der Waals surface area contributed by atoms with E-state index in [1.807, 2.05) is 0 Å². The fourth-order valence-corrected chi connectivity index (χ4v) is 4.19. The molecule has 0 radical (unpaired) electrons. The molecule has 1 aliphatic rings. The summed E-state index contributed by atoms with van der Waals surface area (Å²) in [4.78, 5) is 26.1. The highest BCUT2D eigenvalue weighted by atomic mass is 32.1. The van der Waals surface area contributed by atoms with E-state index in [4.69, 9.17) is 11.5 Å². The molecule has 1 saturated heterocycles. The van der Waals surface area contributed by atoms with Crippen LogP contribution >= 0.6 is 11.3 Å². The second-order valence-corrected chi connectivity index (χ2v) is 6.82. The largest absolute Gasteiger partial charge is 0.397 e. The van der Waals surface area contributed by atoms with Crippen molar-refractivity contribution in [3.8, 4) is 0 Å². The first kappa shape index (κ1) is 15.6. The summed E-state index contributed by atoms with van der Waals surface area (Å²) in [5.74, 6) is 0.187. The van der Waals surface area contributed by atoms with Crippen molar-refractivity contribution >= 4 is 33.8 Å². The molecular formula is C14H22N4O2S. The van der Waals surface area contributed by atoms with Crippen LogP contribution in [0.5, 0.6) is 0 Å². The van der Waals surface area contributed by atoms with Crippen molar-refractivity contribution in [2.45, 2.75) is 20.3 Å². The average molecular weight is 310 g/mol. The predicted octanol–water partition coefficient (Wildman–Crippen LogP) is 1.27. The summed E-state index contributed by atoms with van der Waals surface area (Å²) < 4.78 is 0. The molecule has 0 aromatic carbocycles. The Morgan fingerprint density at radius 3 is 2.33 bits per heavy atom. The van der Waals surface area contributed by atoms with Gasteiger partial charge in [-0.3, -0.25) is 9.59 Å². The molecule has 5 N–H and O–H groups in total. The highest BCUT2D eigenvalue weighted by molar-refractivity contribution is 7.19. The van der Waals surface area contributed by atoms with Crippen LogP contribution in [0.2, 0.25) is 0 Å². The first-order valence-electron chi connectivity index (χ1n) is 7.04. The number of piperidine rings is 1. The van der Waals surface area contributed by atoms with Gasteiger partial charge in [-0.15, -0.1) is 11.3 Å². The van der Waals surface area contributed by atoms with E-state index in [0.717, 1.165) is 24.5 Å². The quantitative estimate of drug-likeness (QED) is 0.782. The minimum absolute atomic E-state index is 0.188. The van der Waals surface area contributed by atoms with Gasteiger partial charge in [0.25, 0.3) is 11.8 Å². The van der Waals surface area contributed by atoms with Gasteiger partial charge < -0.3 is 21.7 Å². The van der Waals surface area contributed by atoms with Crippen molar-refractivity contribution in [2.24, 2.45) is 17.6 Å². The number of nitrogen functional groups attached to an aromatic ring is 1. The Bertz CT molecular complexity index is 560. The Balaban J connectivity index is 2.47. The van der Waals surface area contributed by atoms with Crippen LogP contribution in [0.4, 0.5) is 10.7 Å². The first-order chi connectivity index (χ1) is 9.85. The Morgan fingerprint density at radius 1 is 1.29 bits per heavy atom. The van der Waals surface area contributed by atoms with E-state index < -0.39 is 5.91 Å². The molecule has 1 fully saturated rings. The highest BCUT2D eigenvalue weighted by Crippen LogP contribution is 2.40. The van der Waals surface area contributed by atoms with Gasteiger partial charge in [-0.2, -0.15) is 0 Å². The zero-order valence-electron chi connectivity index (χ0n) is 12.6. The van der Waals surface area contributed by atoms with Crippen LogP contribution in [-0.4, -0.2) is 32.0 Å². The monoisotopic (exact) mass is 310 g/mol. The Kier molecular flexibility index (Phi) is 4.41. The Morgan fingerprint density at radius 2 is 1.86 bits per heavy atom. The molecule has 2 amide bonds. The molecule has 2 heterocycles. The molecule has 1 aliphatic heterocycles. The number of hydrogen-bond acceptors (Lipinski definition) is 5. The van der Waals surface area contributed by atoms with Crippen molar-refractivity contribution in [3.05, 3.63) is 10.4 Å². The predicted molar refractivity (Wildman–Crippen MR) is 85.8 cm³/mol. The van der Waals surface area contributed by atoms with Crippen LogP contribution in [0.3, 0.4) is 0 Å². The number of hydrogen-bond donors (Lipinski definition) is 3. The standard InChI is InChI=1S/C14H22N4O2S/c1-7-4-8(2)6-18(5-7)14-9(12(16)19)10(15)11(21-14)13(20)17-3/h7-8H,4-6,15H2,1-3H3,(H2,16,19)(H,17,20). The fraction of sp³-hybridized carbons (Fsp3) is 0.571. The van der Waals surface area contributed by atoms with Crippen LogP contribution in [0.15, 0.2) is 0 Å². The van der Waals surface area contributed by atoms with Crippen LogP contribution in [-0.2, 0) is 0 Å². The molecule has 2 unspecified atom stereocenters. The summed E-state index contributed by atoms with van der Waals surface area (Å²) in [6, 6.07) is 0. The van der Waals surface area contributed by atoms with Gasteiger partial charge in [-0.05, 0) is 18.3 Å². The third-order valence-corrected chi connectivity index (χ3v) is 5.03. The summed E-state index contributed by atoms with van der Waals surface area (Å²) >= 11 is 1.25. The van der Waals surface area contributed by atoms with Crippen molar-refractivity contribution < 1.29 is 9.59 Å². The number of rotatable bonds is 3. The number of amides is 2. The summed E-state index contributed by atoms with van der Waals surface area (Å²) in [5, 5.41) is 3.26. The zero-order valence-corrected chi connectivity index (χ0v) is 13.4. The lowest BCUT2D eigenvalue weighted by molar-refractivity contribution is 0.0967. The zero-order chi connectivity index (χ0) is 15.7. The molecule has 0 bridgehead atoms. The second kappa shape index (κ2) is 5.93. The molecule has 2 rings (SSSR count). The van der Waals surface area contributed by atoms with Gasteiger partial charge in [0, 0.05) is 20.1 Å². The Hall–Kier alpha value is -1.76. The maximum Gasteiger partial charge on any atom is 0.263 e. The van der Waals surface area contributed by atoms with E-state index in [0.29, 0.717) is 16.7 Å². The van der Waals surface area contributed by atoms with E-state index in [1.54, 1.807) is 0 Å². The highest BCUT2D eigenvalue weighted by Gasteiger charge is 2.30. The van der Waals surface area contributed by atoms with Crippen molar-refractivity contribution in [3.63, 3.8) is 0 Å². The fourth-order valence-electron chi connectivity index (χ4n) is 3.00. The first-order valence-corrected chi connectivity index (χ1v) is 7.85. The number of nitrogens with one attached hydrogen (secondary N) is 1. The van der Waals surface area contributed by atoms with Gasteiger partial charge >= 0.3 is 0 Å². The van der Waals surface area contributed by atoms with Gasteiger partial charge in [0.05, 0.1) is 11.3 Å². The summed E-state index contributed by atoms with van der Waals surface area (Å²) in [7, 11) is 1.54. The van der Waals surface area contributed by atoms with E-state index in [1.165, 1.54) is 18.4 Å². The number of nitrogens with zero attached hydrogens (tertiary/aromatic N) is 1. The lowest BCUT2D eigenvalue weighted by atomic mass is 9.92. The Labute approximate surface area is 128 Å². The molecule has 7 heteroatoms. The molecule has 116 valence electrons. The molecule has 0 saturated carbocycles. The molecule has 0 aliphatic carbocycles. The maximum atomic E-state index is 11.9. The minimum Gasteiger partial charge on any atom is -0.397 e. The normalized spacial score (nSPS) is 22.1. The SMILES string of the molecule is CNC(=O)c1sc(N2CC(C)CC(C)C2)c(C(N)=O)c1N. The van der Waals surface area contributed by atoms with Crippen molar-refractivity contribution in [1.82, 2.24) is 5.32 Å². The lowest BCUT2D eigenvalue weighted by Gasteiger charge is -2.36. The van der Waals surface area contributed by atoms with Crippen LogP contribution in [0.1, 0.15) is 40.3 Å². The summed E-state index contributed by atoms with van der Waals surface area (Å²) in [6.45, 7) is 6.06. The van der Waals surface area contributed by atoms with Crippen molar-refractivity contribution in [1.29, 1.82) is 0 Å². The average Bonchev–Trinajstić information content (AvgIpc) is 2.74. The molecule has 1 aromatic rings. The summed E-state index contributed by atoms with van der Waals surface area (Å²) in [6.07, 6.45) is 1.16. The van der Waals surface area contributed by atoms with Gasteiger partial charge in [-0.1, -0.05) is 13.8 Å². The minimum atomic E-state index is -0.584. The van der Waals surface area contributed by atoms with E-state index >= 15 is 0 Å². The van der Waals surface area contributed by atoms with E-state index in [-0.39, 0.29) is 17.2 Å². The van der Waals surface area contributed by atoms with E-state index in [2.05, 4.69) is 24.1 Å². The second-order valence-electron chi connectivity index (χ2n) is 5.82. The lowest BCUT2D eigenvalue weighted by Crippen LogP contribution is -2.39. The number of carbonyl (C=O) groups is 2. The molecule has 6 nitrogen and oxygen atoms in total. The topological polar surface area (TPSA) is 101 Å². The van der Waals surface area contributed by atoms with E-state index in [9.17, 15) is 9.59 Å². The third-order valence-electron chi connectivity index (χ3n) is 3.76.